The molecule has 0 spiro atoms. The fourth-order valence-electron chi connectivity index (χ4n) is 2.00. The number of aliphatic imine (C=N–C) groups is 1. The van der Waals surface area contributed by atoms with Gasteiger partial charge in [0.05, 0.1) is 0 Å². The molecule has 1 aliphatic rings. The van der Waals surface area contributed by atoms with Crippen LogP contribution in [0.1, 0.15) is 17.9 Å². The topological polar surface area (TPSA) is 84.7 Å². The fourth-order valence-corrected chi connectivity index (χ4v) is 2.27. The highest BCUT2D eigenvalue weighted by molar-refractivity contribution is 9.10. The van der Waals surface area contributed by atoms with E-state index in [0.717, 1.165) is 5.92 Å². The summed E-state index contributed by atoms with van der Waals surface area (Å²) in [7, 11) is 2.19. The van der Waals surface area contributed by atoms with Crippen LogP contribution in [0.15, 0.2) is 33.7 Å². The number of nitrogens with zero attached hydrogens (tertiary/aromatic N) is 2. The van der Waals surface area contributed by atoms with Crippen molar-refractivity contribution in [2.24, 2.45) is 16.5 Å². The molecular formula is C13H19BrN4O. The number of carbonyl (C=O) groups excluding carboxylic acids is 1. The Hall–Kier alpha value is -1.40. The summed E-state index contributed by atoms with van der Waals surface area (Å²) in [6.45, 7) is 2.45. The molecule has 1 aliphatic heterocycles. The van der Waals surface area contributed by atoms with E-state index in [2.05, 4.69) is 57.1 Å². The van der Waals surface area contributed by atoms with Crippen molar-refractivity contribution in [1.82, 2.24) is 4.90 Å². The predicted molar refractivity (Wildman–Crippen MR) is 80.9 cm³/mol. The summed E-state index contributed by atoms with van der Waals surface area (Å²) < 4.78 is 1.17. The molecule has 1 aromatic carbocycles. The van der Waals surface area contributed by atoms with Crippen LogP contribution in [0.5, 0.6) is 0 Å². The molecule has 5 nitrogen and oxygen atoms in total. The summed E-state index contributed by atoms with van der Waals surface area (Å²) in [5, 5.41) is 0. The van der Waals surface area contributed by atoms with Gasteiger partial charge in [-0.1, -0.05) is 28.1 Å². The lowest BCUT2D eigenvalue weighted by Crippen LogP contribution is -2.22. The monoisotopic (exact) mass is 326 g/mol. The van der Waals surface area contributed by atoms with Crippen molar-refractivity contribution >= 4 is 28.3 Å². The van der Waals surface area contributed by atoms with Crippen LogP contribution < -0.4 is 11.5 Å². The third-order valence-electron chi connectivity index (χ3n) is 2.93. The van der Waals surface area contributed by atoms with Crippen LogP contribution in [0.25, 0.3) is 0 Å². The minimum absolute atomic E-state index is 0.204. The number of halogens is 1. The van der Waals surface area contributed by atoms with Crippen LogP contribution >= 0.6 is 15.9 Å². The van der Waals surface area contributed by atoms with Gasteiger partial charge < -0.3 is 16.4 Å². The molecule has 0 saturated carbocycles. The van der Waals surface area contributed by atoms with Crippen LogP contribution in [0.4, 0.5) is 0 Å². The Bertz CT molecular complexity index is 429. The predicted octanol–water partition coefficient (Wildman–Crippen LogP) is 1.28. The quantitative estimate of drug-likeness (QED) is 0.487. The second-order valence-corrected chi connectivity index (χ2v) is 5.37. The molecule has 1 amide bonds. The molecule has 0 aromatic heterocycles. The normalized spacial score (nSPS) is 18.3. The number of guanidine groups is 1. The first-order valence-electron chi connectivity index (χ1n) is 5.99. The molecule has 1 saturated heterocycles. The number of rotatable bonds is 2. The molecule has 2 rings (SSSR count). The standard InChI is InChI=1S/C11H14BrN.C2H5N3O/c1-13-7-6-10(8-13)9-2-4-11(12)5-3-9;3-2(4)5-1-6/h2-5,10H,6-8H2,1H3;1H,(H4,3,4,5,6). The highest BCUT2D eigenvalue weighted by Gasteiger charge is 2.20. The van der Waals surface area contributed by atoms with Crippen molar-refractivity contribution < 1.29 is 4.79 Å². The van der Waals surface area contributed by atoms with Crippen LogP contribution in [0, 0.1) is 0 Å². The van der Waals surface area contributed by atoms with Gasteiger partial charge in [0, 0.05) is 11.0 Å². The lowest BCUT2D eigenvalue weighted by atomic mass is 9.99. The van der Waals surface area contributed by atoms with E-state index >= 15 is 0 Å². The van der Waals surface area contributed by atoms with Crippen molar-refractivity contribution in [3.05, 3.63) is 34.3 Å². The Balaban J connectivity index is 0.000000258. The van der Waals surface area contributed by atoms with E-state index in [1.807, 2.05) is 0 Å². The molecule has 1 aromatic rings. The van der Waals surface area contributed by atoms with E-state index < -0.39 is 0 Å². The first-order chi connectivity index (χ1) is 9.02. The molecule has 1 unspecified atom stereocenters. The third kappa shape index (κ3) is 5.85. The zero-order valence-electron chi connectivity index (χ0n) is 10.9. The molecule has 19 heavy (non-hydrogen) atoms. The maximum absolute atomic E-state index is 9.27. The van der Waals surface area contributed by atoms with Crippen molar-refractivity contribution in [2.45, 2.75) is 12.3 Å². The highest BCUT2D eigenvalue weighted by Crippen LogP contribution is 2.26. The molecule has 104 valence electrons. The van der Waals surface area contributed by atoms with Crippen LogP contribution in [0.3, 0.4) is 0 Å². The zero-order valence-corrected chi connectivity index (χ0v) is 12.5. The van der Waals surface area contributed by atoms with Gasteiger partial charge in [-0.2, -0.15) is 4.99 Å². The van der Waals surface area contributed by atoms with E-state index in [0.29, 0.717) is 0 Å². The molecule has 1 heterocycles. The number of likely N-dealkylation sites (tertiary alicyclic amines) is 1. The minimum atomic E-state index is -0.204. The van der Waals surface area contributed by atoms with E-state index in [1.54, 1.807) is 0 Å². The van der Waals surface area contributed by atoms with Gasteiger partial charge in [-0.25, -0.2) is 0 Å². The van der Waals surface area contributed by atoms with Crippen molar-refractivity contribution in [3.63, 3.8) is 0 Å². The van der Waals surface area contributed by atoms with Crippen LogP contribution in [-0.4, -0.2) is 37.4 Å². The van der Waals surface area contributed by atoms with Crippen LogP contribution in [0.2, 0.25) is 0 Å². The van der Waals surface area contributed by atoms with E-state index in [1.165, 1.54) is 29.5 Å². The van der Waals surface area contributed by atoms with Gasteiger partial charge in [0.15, 0.2) is 5.96 Å². The van der Waals surface area contributed by atoms with E-state index in [4.69, 9.17) is 11.5 Å². The zero-order chi connectivity index (χ0) is 14.3. The second-order valence-electron chi connectivity index (χ2n) is 4.46. The number of hydrogen-bond donors (Lipinski definition) is 2. The second kappa shape index (κ2) is 7.91. The molecule has 0 bridgehead atoms. The minimum Gasteiger partial charge on any atom is -0.370 e. The largest absolute Gasteiger partial charge is 0.370 e. The van der Waals surface area contributed by atoms with Crippen molar-refractivity contribution in [3.8, 4) is 0 Å². The number of hydrogen-bond acceptors (Lipinski definition) is 2. The number of likely N-dealkylation sites (N-methyl/N-ethyl adjacent to an activating group) is 1. The molecule has 4 N–H and O–H groups in total. The lowest BCUT2D eigenvalue weighted by Gasteiger charge is -2.10. The van der Waals surface area contributed by atoms with Gasteiger partial charge in [0.1, 0.15) is 0 Å². The Morgan fingerprint density at radius 1 is 1.42 bits per heavy atom. The molecule has 0 aliphatic carbocycles. The van der Waals surface area contributed by atoms with Gasteiger partial charge >= 0.3 is 0 Å². The van der Waals surface area contributed by atoms with Gasteiger partial charge in [0.25, 0.3) is 0 Å². The SMILES string of the molecule is CN1CCC(c2ccc(Br)cc2)C1.NC(N)=NC=O. The fraction of sp³-hybridized carbons (Fsp3) is 0.385. The first kappa shape index (κ1) is 15.7. The van der Waals surface area contributed by atoms with Gasteiger partial charge in [-0.15, -0.1) is 0 Å². The number of benzene rings is 1. The van der Waals surface area contributed by atoms with E-state index in [9.17, 15) is 4.79 Å². The first-order valence-corrected chi connectivity index (χ1v) is 6.78. The van der Waals surface area contributed by atoms with Gasteiger partial charge in [-0.05, 0) is 43.6 Å². The highest BCUT2D eigenvalue weighted by atomic mass is 79.9. The average molecular weight is 327 g/mol. The Morgan fingerprint density at radius 2 is 2.05 bits per heavy atom. The van der Waals surface area contributed by atoms with Crippen LogP contribution in [-0.2, 0) is 4.79 Å². The average Bonchev–Trinajstić information content (AvgIpc) is 2.77. The maximum atomic E-state index is 9.27. The number of carbonyl (C=O) groups is 1. The van der Waals surface area contributed by atoms with Gasteiger partial charge in [0.2, 0.25) is 6.41 Å². The molecule has 1 atom stereocenters. The smallest absolute Gasteiger partial charge is 0.236 e. The molecule has 0 radical (unpaired) electrons. The summed E-state index contributed by atoms with van der Waals surface area (Å²) >= 11 is 3.46. The number of nitrogens with two attached hydrogens (primary N) is 2. The third-order valence-corrected chi connectivity index (χ3v) is 3.46. The summed E-state index contributed by atoms with van der Waals surface area (Å²) in [5.74, 6) is 0.545. The molecule has 1 fully saturated rings. The number of amides is 1. The summed E-state index contributed by atoms with van der Waals surface area (Å²) in [5.41, 5.74) is 10.9. The summed E-state index contributed by atoms with van der Waals surface area (Å²) in [6, 6.07) is 8.73. The maximum Gasteiger partial charge on any atom is 0.236 e. The van der Waals surface area contributed by atoms with Gasteiger partial charge in [-0.3, -0.25) is 4.79 Å². The Labute approximate surface area is 121 Å². The molecule has 6 heteroatoms. The summed E-state index contributed by atoms with van der Waals surface area (Å²) in [4.78, 5) is 14.6. The van der Waals surface area contributed by atoms with Crippen molar-refractivity contribution in [1.29, 1.82) is 0 Å². The van der Waals surface area contributed by atoms with Crippen molar-refractivity contribution in [2.75, 3.05) is 20.1 Å². The van der Waals surface area contributed by atoms with E-state index in [-0.39, 0.29) is 12.4 Å². The molecular weight excluding hydrogens is 308 g/mol. The summed E-state index contributed by atoms with van der Waals surface area (Å²) in [6.07, 6.45) is 1.59. The lowest BCUT2D eigenvalue weighted by molar-refractivity contribution is -0.106. The Kier molecular flexibility index (Phi) is 6.52. The Morgan fingerprint density at radius 3 is 2.42 bits per heavy atom.